The van der Waals surface area contributed by atoms with Gasteiger partial charge in [0.1, 0.15) is 17.6 Å². The molecule has 2 atom stereocenters. The lowest BCUT2D eigenvalue weighted by molar-refractivity contribution is 0.0847. The summed E-state index contributed by atoms with van der Waals surface area (Å²) in [6.07, 6.45) is 2.74. The van der Waals surface area contributed by atoms with E-state index in [0.717, 1.165) is 5.56 Å². The maximum Gasteiger partial charge on any atom is 0.249 e. The number of rotatable bonds is 5. The molecule has 1 aromatic heterocycles. The number of hydrogen-bond donors (Lipinski definition) is 1. The van der Waals surface area contributed by atoms with E-state index in [1.165, 1.54) is 0 Å². The van der Waals surface area contributed by atoms with Gasteiger partial charge in [0, 0.05) is 29.6 Å². The van der Waals surface area contributed by atoms with Crippen molar-refractivity contribution in [3.05, 3.63) is 89.2 Å². The van der Waals surface area contributed by atoms with E-state index < -0.39 is 12.0 Å². The Bertz CT molecular complexity index is 1070. The minimum Gasteiger partial charge on any atom is -0.492 e. The third-order valence-electron chi connectivity index (χ3n) is 4.93. The van der Waals surface area contributed by atoms with Crippen molar-refractivity contribution in [2.45, 2.75) is 13.0 Å². The number of nitrogens with two attached hydrogens (primary N) is 1. The summed E-state index contributed by atoms with van der Waals surface area (Å²) in [5.41, 5.74) is 7.98. The first-order valence-electron chi connectivity index (χ1n) is 9.31. The lowest BCUT2D eigenvalue weighted by Crippen LogP contribution is -2.25. The van der Waals surface area contributed by atoms with Crippen molar-refractivity contribution in [3.8, 4) is 11.5 Å². The molecule has 2 heterocycles. The lowest BCUT2D eigenvalue weighted by atomic mass is 9.96. The van der Waals surface area contributed by atoms with Crippen molar-refractivity contribution in [1.29, 1.82) is 0 Å². The third-order valence-corrected chi connectivity index (χ3v) is 4.93. The second kappa shape index (κ2) is 7.75. The van der Waals surface area contributed by atoms with Crippen molar-refractivity contribution in [1.82, 2.24) is 4.98 Å². The van der Waals surface area contributed by atoms with E-state index in [4.69, 9.17) is 15.2 Å². The van der Waals surface area contributed by atoms with E-state index >= 15 is 0 Å². The van der Waals surface area contributed by atoms with Gasteiger partial charge in [-0.15, -0.1) is 0 Å². The number of amides is 1. The largest absolute Gasteiger partial charge is 0.492 e. The van der Waals surface area contributed by atoms with Crippen LogP contribution in [0.25, 0.3) is 0 Å². The molecule has 146 valence electrons. The van der Waals surface area contributed by atoms with Crippen molar-refractivity contribution in [3.63, 3.8) is 0 Å². The lowest BCUT2D eigenvalue weighted by Gasteiger charge is -2.24. The number of primary amides is 1. The van der Waals surface area contributed by atoms with Crippen molar-refractivity contribution < 1.29 is 19.1 Å². The molecule has 0 saturated heterocycles. The highest BCUT2D eigenvalue weighted by Crippen LogP contribution is 2.35. The highest BCUT2D eigenvalue weighted by Gasteiger charge is 2.27. The molecule has 3 aromatic rings. The average molecular weight is 388 g/mol. The molecule has 0 spiro atoms. The normalized spacial score (nSPS) is 16.4. The van der Waals surface area contributed by atoms with Gasteiger partial charge in [-0.25, -0.2) is 0 Å². The Morgan fingerprint density at radius 2 is 1.93 bits per heavy atom. The maximum absolute atomic E-state index is 12.3. The Morgan fingerprint density at radius 3 is 2.69 bits per heavy atom. The molecule has 0 saturated carbocycles. The topological polar surface area (TPSA) is 91.5 Å². The Balaban J connectivity index is 1.75. The Kier molecular flexibility index (Phi) is 4.99. The number of hydrogen-bond acceptors (Lipinski definition) is 5. The van der Waals surface area contributed by atoms with Crippen LogP contribution in [0.4, 0.5) is 0 Å². The first kappa shape index (κ1) is 18.7. The number of fused-ring (bicyclic) bond motifs is 1. The number of aromatic nitrogens is 1. The molecule has 0 unspecified atom stereocenters. The molecule has 0 bridgehead atoms. The van der Waals surface area contributed by atoms with E-state index in [0.29, 0.717) is 34.8 Å². The number of carbonyl (C=O) groups excluding carboxylic acids is 2. The van der Waals surface area contributed by atoms with Crippen LogP contribution in [0.2, 0.25) is 0 Å². The summed E-state index contributed by atoms with van der Waals surface area (Å²) >= 11 is 0. The van der Waals surface area contributed by atoms with Gasteiger partial charge in [0.15, 0.2) is 5.78 Å². The van der Waals surface area contributed by atoms with Gasteiger partial charge in [-0.1, -0.05) is 25.1 Å². The SMILES string of the molecule is C[C@@H]1COc2cc(O[C@@H](c3ccncc3)c3ccccc3C(N)=O)ccc2C1=O. The molecule has 29 heavy (non-hydrogen) atoms. The van der Waals surface area contributed by atoms with Crippen LogP contribution in [0.3, 0.4) is 0 Å². The molecule has 1 aliphatic rings. The fourth-order valence-electron chi connectivity index (χ4n) is 3.39. The van der Waals surface area contributed by atoms with Crippen molar-refractivity contribution in [2.24, 2.45) is 11.7 Å². The smallest absolute Gasteiger partial charge is 0.249 e. The van der Waals surface area contributed by atoms with Crippen LogP contribution in [0, 0.1) is 5.92 Å². The first-order chi connectivity index (χ1) is 14.0. The molecule has 0 radical (unpaired) electrons. The number of ketones is 1. The third kappa shape index (κ3) is 3.69. The first-order valence-corrected chi connectivity index (χ1v) is 9.31. The Labute approximate surface area is 168 Å². The molecule has 1 aliphatic heterocycles. The standard InChI is InChI=1S/C23H20N2O4/c1-14-13-28-20-12-16(6-7-19(20)21(14)26)29-22(15-8-10-25-11-9-15)17-4-2-3-5-18(17)23(24)27/h2-12,14,22H,13H2,1H3,(H2,24,27)/t14-,22+/m1/s1. The predicted octanol–water partition coefficient (Wildman–Crippen LogP) is 3.56. The number of pyridine rings is 1. The molecule has 4 rings (SSSR count). The molecule has 2 N–H and O–H groups in total. The van der Waals surface area contributed by atoms with Gasteiger partial charge >= 0.3 is 0 Å². The summed E-state index contributed by atoms with van der Waals surface area (Å²) in [7, 11) is 0. The fraction of sp³-hybridized carbons (Fsp3) is 0.174. The molecular formula is C23H20N2O4. The second-order valence-corrected chi connectivity index (χ2v) is 6.96. The van der Waals surface area contributed by atoms with Gasteiger partial charge in [-0.2, -0.15) is 0 Å². The summed E-state index contributed by atoms with van der Waals surface area (Å²) < 4.78 is 12.0. The summed E-state index contributed by atoms with van der Waals surface area (Å²) in [5, 5.41) is 0. The van der Waals surface area contributed by atoms with Crippen LogP contribution >= 0.6 is 0 Å². The number of carbonyl (C=O) groups is 2. The minimum absolute atomic E-state index is 0.0579. The van der Waals surface area contributed by atoms with E-state index in [1.54, 1.807) is 42.7 Å². The van der Waals surface area contributed by atoms with E-state index in [-0.39, 0.29) is 11.7 Å². The van der Waals surface area contributed by atoms with Crippen LogP contribution in [-0.4, -0.2) is 23.3 Å². The number of nitrogens with zero attached hydrogens (tertiary/aromatic N) is 1. The van der Waals surface area contributed by atoms with E-state index in [1.807, 2.05) is 31.2 Å². The number of Topliss-reactive ketones (excluding diaryl/α,β-unsaturated/α-hetero) is 1. The minimum atomic E-state index is -0.585. The zero-order valence-corrected chi connectivity index (χ0v) is 15.9. The van der Waals surface area contributed by atoms with Gasteiger partial charge in [-0.3, -0.25) is 14.6 Å². The Hall–Kier alpha value is -3.67. The summed E-state index contributed by atoms with van der Waals surface area (Å²) in [4.78, 5) is 28.4. The van der Waals surface area contributed by atoms with Crippen LogP contribution in [0.5, 0.6) is 11.5 Å². The average Bonchev–Trinajstić information content (AvgIpc) is 2.75. The second-order valence-electron chi connectivity index (χ2n) is 6.96. The predicted molar refractivity (Wildman–Crippen MR) is 107 cm³/mol. The van der Waals surface area contributed by atoms with Gasteiger partial charge in [0.25, 0.3) is 0 Å². The monoisotopic (exact) mass is 388 g/mol. The Morgan fingerprint density at radius 1 is 1.17 bits per heavy atom. The molecule has 0 fully saturated rings. The maximum atomic E-state index is 12.3. The van der Waals surface area contributed by atoms with Crippen LogP contribution in [0.1, 0.15) is 44.9 Å². The highest BCUT2D eigenvalue weighted by molar-refractivity contribution is 6.01. The number of benzene rings is 2. The van der Waals surface area contributed by atoms with Crippen LogP contribution in [-0.2, 0) is 0 Å². The number of ether oxygens (including phenoxy) is 2. The highest BCUT2D eigenvalue weighted by atomic mass is 16.5. The van der Waals surface area contributed by atoms with Gasteiger partial charge in [0.2, 0.25) is 5.91 Å². The molecule has 6 nitrogen and oxygen atoms in total. The molecule has 6 heteroatoms. The molecule has 0 aliphatic carbocycles. The van der Waals surface area contributed by atoms with Gasteiger partial charge < -0.3 is 15.2 Å². The van der Waals surface area contributed by atoms with Crippen LogP contribution < -0.4 is 15.2 Å². The fourth-order valence-corrected chi connectivity index (χ4v) is 3.39. The van der Waals surface area contributed by atoms with Crippen molar-refractivity contribution >= 4 is 11.7 Å². The molecule has 1 amide bonds. The van der Waals surface area contributed by atoms with Crippen molar-refractivity contribution in [2.75, 3.05) is 6.61 Å². The zero-order chi connectivity index (χ0) is 20.4. The van der Waals surface area contributed by atoms with Crippen LogP contribution in [0.15, 0.2) is 67.0 Å². The zero-order valence-electron chi connectivity index (χ0n) is 15.9. The van der Waals surface area contributed by atoms with E-state index in [2.05, 4.69) is 4.98 Å². The van der Waals surface area contributed by atoms with E-state index in [9.17, 15) is 9.59 Å². The quantitative estimate of drug-likeness (QED) is 0.722. The summed E-state index contributed by atoms with van der Waals surface area (Å²) in [6, 6.07) is 15.9. The summed E-state index contributed by atoms with van der Waals surface area (Å²) in [5.74, 6) is 0.384. The summed E-state index contributed by atoms with van der Waals surface area (Å²) in [6.45, 7) is 2.18. The van der Waals surface area contributed by atoms with Gasteiger partial charge in [-0.05, 0) is 35.9 Å². The molecular weight excluding hydrogens is 368 g/mol. The van der Waals surface area contributed by atoms with Gasteiger partial charge in [0.05, 0.1) is 18.1 Å². The molecule has 2 aromatic carbocycles.